The highest BCUT2D eigenvalue weighted by atomic mass is 35.5. The molecule has 0 aliphatic rings. The first-order valence-electron chi connectivity index (χ1n) is 6.13. The zero-order valence-electron chi connectivity index (χ0n) is 11.2. The second-order valence-corrected chi connectivity index (χ2v) is 4.86. The fourth-order valence-corrected chi connectivity index (χ4v) is 1.93. The predicted octanol–water partition coefficient (Wildman–Crippen LogP) is 3.99. The molecule has 5 nitrogen and oxygen atoms in total. The maximum atomic E-state index is 11.8. The molecule has 0 aliphatic heterocycles. The molecular weight excluding hydrogens is 292 g/mol. The molecule has 3 N–H and O–H groups in total. The molecule has 0 saturated heterocycles. The third-order valence-electron chi connectivity index (χ3n) is 2.82. The van der Waals surface area contributed by atoms with Crippen molar-refractivity contribution in [3.8, 4) is 0 Å². The summed E-state index contributed by atoms with van der Waals surface area (Å²) in [7, 11) is 0. The number of carboxylic acids is 1. The number of rotatable bonds is 3. The van der Waals surface area contributed by atoms with Crippen LogP contribution in [0.5, 0.6) is 0 Å². The lowest BCUT2D eigenvalue weighted by molar-refractivity contribution is 0.0696. The highest BCUT2D eigenvalue weighted by Gasteiger charge is 2.08. The van der Waals surface area contributed by atoms with Crippen LogP contribution in [0, 0.1) is 6.92 Å². The number of urea groups is 1. The van der Waals surface area contributed by atoms with E-state index in [4.69, 9.17) is 16.7 Å². The molecule has 0 saturated carbocycles. The van der Waals surface area contributed by atoms with Crippen LogP contribution in [-0.4, -0.2) is 17.1 Å². The molecule has 0 aromatic heterocycles. The number of carbonyl (C=O) groups is 2. The summed E-state index contributed by atoms with van der Waals surface area (Å²) in [4.78, 5) is 22.7. The third kappa shape index (κ3) is 3.97. The first kappa shape index (κ1) is 14.9. The first-order valence-corrected chi connectivity index (χ1v) is 6.51. The van der Waals surface area contributed by atoms with Crippen molar-refractivity contribution >= 4 is 35.0 Å². The molecule has 0 heterocycles. The molecule has 2 rings (SSSR count). The van der Waals surface area contributed by atoms with Crippen molar-refractivity contribution in [2.24, 2.45) is 0 Å². The summed E-state index contributed by atoms with van der Waals surface area (Å²) < 4.78 is 0. The van der Waals surface area contributed by atoms with E-state index in [1.54, 1.807) is 37.3 Å². The van der Waals surface area contributed by atoms with E-state index in [0.29, 0.717) is 22.0 Å². The molecule has 21 heavy (non-hydrogen) atoms. The minimum atomic E-state index is -0.996. The van der Waals surface area contributed by atoms with Gasteiger partial charge < -0.3 is 15.7 Å². The lowest BCUT2D eigenvalue weighted by Crippen LogP contribution is -2.19. The van der Waals surface area contributed by atoms with Crippen LogP contribution in [0.25, 0.3) is 0 Å². The van der Waals surface area contributed by atoms with E-state index >= 15 is 0 Å². The van der Waals surface area contributed by atoms with Crippen LogP contribution in [0.2, 0.25) is 5.02 Å². The zero-order chi connectivity index (χ0) is 15.4. The molecule has 6 heteroatoms. The van der Waals surface area contributed by atoms with E-state index in [2.05, 4.69) is 10.6 Å². The van der Waals surface area contributed by atoms with Crippen molar-refractivity contribution in [1.29, 1.82) is 0 Å². The molecule has 0 bridgehead atoms. The van der Waals surface area contributed by atoms with Gasteiger partial charge >= 0.3 is 12.0 Å². The van der Waals surface area contributed by atoms with Crippen LogP contribution in [0.15, 0.2) is 42.5 Å². The lowest BCUT2D eigenvalue weighted by Gasteiger charge is -2.09. The van der Waals surface area contributed by atoms with E-state index < -0.39 is 12.0 Å². The van der Waals surface area contributed by atoms with E-state index in [-0.39, 0.29) is 5.56 Å². The fourth-order valence-electron chi connectivity index (χ4n) is 1.81. The average molecular weight is 305 g/mol. The quantitative estimate of drug-likeness (QED) is 0.802. The third-order valence-corrected chi connectivity index (χ3v) is 3.07. The van der Waals surface area contributed by atoms with Gasteiger partial charge in [0.1, 0.15) is 0 Å². The first-order chi connectivity index (χ1) is 9.95. The lowest BCUT2D eigenvalue weighted by atomic mass is 10.1. The second-order valence-electron chi connectivity index (χ2n) is 4.42. The summed E-state index contributed by atoms with van der Waals surface area (Å²) in [6, 6.07) is 10.9. The Morgan fingerprint density at radius 2 is 1.57 bits per heavy atom. The average Bonchev–Trinajstić information content (AvgIpc) is 2.41. The van der Waals surface area contributed by atoms with Gasteiger partial charge in [-0.1, -0.05) is 11.6 Å². The number of halogens is 1. The Hall–Kier alpha value is -2.53. The number of carbonyl (C=O) groups excluding carboxylic acids is 1. The Bertz CT molecular complexity index is 684. The SMILES string of the molecule is Cc1cc(NC(=O)Nc2ccc(Cl)cc2)ccc1C(=O)O. The van der Waals surface area contributed by atoms with E-state index in [0.717, 1.165) is 0 Å². The topological polar surface area (TPSA) is 78.4 Å². The van der Waals surface area contributed by atoms with Gasteiger partial charge in [0.05, 0.1) is 5.56 Å². The molecule has 0 unspecified atom stereocenters. The number of amides is 2. The molecule has 0 atom stereocenters. The van der Waals surface area contributed by atoms with Crippen LogP contribution in [-0.2, 0) is 0 Å². The Labute approximate surface area is 126 Å². The van der Waals surface area contributed by atoms with Gasteiger partial charge in [-0.25, -0.2) is 9.59 Å². The van der Waals surface area contributed by atoms with Crippen LogP contribution >= 0.6 is 11.6 Å². The monoisotopic (exact) mass is 304 g/mol. The molecule has 108 valence electrons. The van der Waals surface area contributed by atoms with Gasteiger partial charge in [-0.15, -0.1) is 0 Å². The molecular formula is C15H13ClN2O3. The van der Waals surface area contributed by atoms with Crippen LogP contribution in [0.1, 0.15) is 15.9 Å². The molecule has 0 fully saturated rings. The standard InChI is InChI=1S/C15H13ClN2O3/c1-9-8-12(6-7-13(9)14(19)20)18-15(21)17-11-4-2-10(16)3-5-11/h2-8H,1H3,(H,19,20)(H2,17,18,21). The van der Waals surface area contributed by atoms with Crippen molar-refractivity contribution in [3.05, 3.63) is 58.6 Å². The van der Waals surface area contributed by atoms with Crippen LogP contribution < -0.4 is 10.6 Å². The fraction of sp³-hybridized carbons (Fsp3) is 0.0667. The van der Waals surface area contributed by atoms with E-state index in [9.17, 15) is 9.59 Å². The van der Waals surface area contributed by atoms with E-state index in [1.165, 1.54) is 12.1 Å². The Kier molecular flexibility index (Phi) is 4.45. The van der Waals surface area contributed by atoms with Gasteiger partial charge in [0, 0.05) is 16.4 Å². The molecule has 0 spiro atoms. The summed E-state index contributed by atoms with van der Waals surface area (Å²) >= 11 is 5.76. The molecule has 2 amide bonds. The molecule has 0 radical (unpaired) electrons. The Morgan fingerprint density at radius 1 is 1.00 bits per heavy atom. The molecule has 2 aromatic rings. The number of hydrogen-bond acceptors (Lipinski definition) is 2. The number of aryl methyl sites for hydroxylation is 1. The highest BCUT2D eigenvalue weighted by Crippen LogP contribution is 2.17. The maximum absolute atomic E-state index is 11.8. The number of aromatic carboxylic acids is 1. The van der Waals surface area contributed by atoms with Gasteiger partial charge in [-0.2, -0.15) is 0 Å². The predicted molar refractivity (Wildman–Crippen MR) is 82.2 cm³/mol. The highest BCUT2D eigenvalue weighted by molar-refractivity contribution is 6.30. The Balaban J connectivity index is 2.04. The van der Waals surface area contributed by atoms with Crippen LogP contribution in [0.3, 0.4) is 0 Å². The maximum Gasteiger partial charge on any atom is 0.335 e. The van der Waals surface area contributed by atoms with Crippen molar-refractivity contribution in [1.82, 2.24) is 0 Å². The van der Waals surface area contributed by atoms with Gasteiger partial charge in [0.2, 0.25) is 0 Å². The number of anilines is 2. The number of hydrogen-bond donors (Lipinski definition) is 3. The van der Waals surface area contributed by atoms with Gasteiger partial charge in [0.15, 0.2) is 0 Å². The summed E-state index contributed by atoms with van der Waals surface area (Å²) in [6.07, 6.45) is 0. The number of benzene rings is 2. The largest absolute Gasteiger partial charge is 0.478 e. The molecule has 0 aliphatic carbocycles. The smallest absolute Gasteiger partial charge is 0.335 e. The molecule has 2 aromatic carbocycles. The minimum absolute atomic E-state index is 0.207. The van der Waals surface area contributed by atoms with Gasteiger partial charge in [0.25, 0.3) is 0 Å². The van der Waals surface area contributed by atoms with Gasteiger partial charge in [-0.05, 0) is 55.0 Å². The normalized spacial score (nSPS) is 10.0. The van der Waals surface area contributed by atoms with Crippen molar-refractivity contribution in [3.63, 3.8) is 0 Å². The Morgan fingerprint density at radius 3 is 2.14 bits per heavy atom. The summed E-state index contributed by atoms with van der Waals surface area (Å²) in [5.74, 6) is -0.996. The summed E-state index contributed by atoms with van der Waals surface area (Å²) in [6.45, 7) is 1.67. The second kappa shape index (κ2) is 6.28. The zero-order valence-corrected chi connectivity index (χ0v) is 11.9. The van der Waals surface area contributed by atoms with Crippen LogP contribution in [0.4, 0.5) is 16.2 Å². The minimum Gasteiger partial charge on any atom is -0.478 e. The van der Waals surface area contributed by atoms with Gasteiger partial charge in [-0.3, -0.25) is 0 Å². The van der Waals surface area contributed by atoms with E-state index in [1.807, 2.05) is 0 Å². The van der Waals surface area contributed by atoms with Crippen molar-refractivity contribution in [2.75, 3.05) is 10.6 Å². The van der Waals surface area contributed by atoms with Crippen molar-refractivity contribution in [2.45, 2.75) is 6.92 Å². The number of carboxylic acid groups (broad SMARTS) is 1. The number of nitrogens with one attached hydrogen (secondary N) is 2. The van der Waals surface area contributed by atoms with Crippen molar-refractivity contribution < 1.29 is 14.7 Å². The summed E-state index contributed by atoms with van der Waals surface area (Å²) in [5.41, 5.74) is 1.91. The summed E-state index contributed by atoms with van der Waals surface area (Å²) in [5, 5.41) is 14.8.